The predicted molar refractivity (Wildman–Crippen MR) is 117 cm³/mol. The molecule has 1 aliphatic rings. The number of carbonyl (C=O) groups excluding carboxylic acids is 1. The van der Waals surface area contributed by atoms with Crippen LogP contribution in [-0.2, 0) is 11.2 Å². The van der Waals surface area contributed by atoms with Gasteiger partial charge in [0.2, 0.25) is 11.9 Å². The molecule has 3 heterocycles. The van der Waals surface area contributed by atoms with Crippen molar-refractivity contribution in [3.05, 3.63) is 54.0 Å². The first kappa shape index (κ1) is 20.1. The molecule has 2 aromatic heterocycles. The van der Waals surface area contributed by atoms with E-state index in [1.54, 1.807) is 6.20 Å². The Bertz CT molecular complexity index is 1020. The Balaban J connectivity index is 1.47. The van der Waals surface area contributed by atoms with Gasteiger partial charge in [0.15, 0.2) is 0 Å². The fourth-order valence-electron chi connectivity index (χ4n) is 3.90. The lowest BCUT2D eigenvalue weighted by Crippen LogP contribution is -2.44. The monoisotopic (exact) mass is 405 g/mol. The van der Waals surface area contributed by atoms with Crippen LogP contribution in [0.25, 0.3) is 10.9 Å². The number of nitrogens with zero attached hydrogens (tertiary/aromatic N) is 4. The number of anilines is 1. The number of ether oxygens (including phenoxy) is 1. The fraction of sp³-hybridized carbons (Fsp3) is 0.391. The second kappa shape index (κ2) is 9.07. The number of hydrogen-bond acceptors (Lipinski definition) is 6. The minimum absolute atomic E-state index is 0.0319. The highest BCUT2D eigenvalue weighted by atomic mass is 16.5. The molecule has 0 radical (unpaired) electrons. The van der Waals surface area contributed by atoms with Crippen molar-refractivity contribution in [2.75, 3.05) is 24.6 Å². The second-order valence-electron chi connectivity index (χ2n) is 7.47. The summed E-state index contributed by atoms with van der Waals surface area (Å²) >= 11 is 0. The van der Waals surface area contributed by atoms with Gasteiger partial charge in [0.1, 0.15) is 11.8 Å². The summed E-state index contributed by atoms with van der Waals surface area (Å²) in [6.45, 7) is 5.93. The van der Waals surface area contributed by atoms with Gasteiger partial charge in [-0.3, -0.25) is 9.78 Å². The normalized spacial score (nSPS) is 16.1. The summed E-state index contributed by atoms with van der Waals surface area (Å²) in [6, 6.07) is 9.55. The van der Waals surface area contributed by atoms with Crippen LogP contribution in [-0.4, -0.2) is 46.6 Å². The first-order chi connectivity index (χ1) is 14.7. The maximum absolute atomic E-state index is 12.8. The summed E-state index contributed by atoms with van der Waals surface area (Å²) in [4.78, 5) is 28.5. The number of rotatable bonds is 7. The van der Waals surface area contributed by atoms with Crippen LogP contribution >= 0.6 is 0 Å². The van der Waals surface area contributed by atoms with E-state index in [0.717, 1.165) is 53.7 Å². The van der Waals surface area contributed by atoms with Gasteiger partial charge in [-0.25, -0.2) is 9.97 Å². The highest BCUT2D eigenvalue weighted by molar-refractivity contribution is 5.87. The molecule has 0 bridgehead atoms. The van der Waals surface area contributed by atoms with E-state index in [4.69, 9.17) is 14.7 Å². The van der Waals surface area contributed by atoms with Gasteiger partial charge >= 0.3 is 0 Å². The van der Waals surface area contributed by atoms with Gasteiger partial charge in [-0.15, -0.1) is 0 Å². The van der Waals surface area contributed by atoms with Crippen LogP contribution in [0.1, 0.15) is 31.0 Å². The molecule has 3 aromatic rings. The molecular formula is C23H27N5O2. The summed E-state index contributed by atoms with van der Waals surface area (Å²) < 4.78 is 5.59. The van der Waals surface area contributed by atoms with Crippen molar-refractivity contribution >= 4 is 22.8 Å². The lowest BCUT2D eigenvalue weighted by atomic mass is 10.1. The van der Waals surface area contributed by atoms with E-state index >= 15 is 0 Å². The zero-order chi connectivity index (χ0) is 20.9. The van der Waals surface area contributed by atoms with Gasteiger partial charge in [-0.1, -0.05) is 6.07 Å². The van der Waals surface area contributed by atoms with Crippen LogP contribution in [0.2, 0.25) is 0 Å². The van der Waals surface area contributed by atoms with Crippen LogP contribution in [0, 0.1) is 6.92 Å². The van der Waals surface area contributed by atoms with Crippen molar-refractivity contribution in [2.24, 2.45) is 0 Å². The average molecular weight is 406 g/mol. The predicted octanol–water partition coefficient (Wildman–Crippen LogP) is 3.06. The SMILES string of the molecule is CCOc1ccc2nc(N3CCCC3C(=O)NCCc3cccnc3)nc(C)c2c1. The van der Waals surface area contributed by atoms with E-state index in [2.05, 4.69) is 10.3 Å². The number of aryl methyl sites for hydroxylation is 1. The number of aromatic nitrogens is 3. The first-order valence-corrected chi connectivity index (χ1v) is 10.5. The van der Waals surface area contributed by atoms with Crippen molar-refractivity contribution in [1.82, 2.24) is 20.3 Å². The van der Waals surface area contributed by atoms with E-state index in [1.807, 2.05) is 55.3 Å². The van der Waals surface area contributed by atoms with Crippen molar-refractivity contribution in [3.8, 4) is 5.75 Å². The Morgan fingerprint density at radius 1 is 1.30 bits per heavy atom. The molecule has 1 fully saturated rings. The highest BCUT2D eigenvalue weighted by Gasteiger charge is 2.32. The fourth-order valence-corrected chi connectivity index (χ4v) is 3.90. The van der Waals surface area contributed by atoms with Crippen molar-refractivity contribution in [2.45, 2.75) is 39.2 Å². The third kappa shape index (κ3) is 4.35. The van der Waals surface area contributed by atoms with Crippen LogP contribution in [0.3, 0.4) is 0 Å². The number of pyridine rings is 1. The molecule has 4 rings (SSSR count). The molecule has 1 aromatic carbocycles. The molecular weight excluding hydrogens is 378 g/mol. The van der Waals surface area contributed by atoms with E-state index in [-0.39, 0.29) is 11.9 Å². The van der Waals surface area contributed by atoms with Crippen LogP contribution in [0.4, 0.5) is 5.95 Å². The van der Waals surface area contributed by atoms with E-state index in [1.165, 1.54) is 0 Å². The number of nitrogens with one attached hydrogen (secondary N) is 1. The number of hydrogen-bond donors (Lipinski definition) is 1. The number of carbonyl (C=O) groups is 1. The van der Waals surface area contributed by atoms with Gasteiger partial charge in [0.05, 0.1) is 17.8 Å². The molecule has 1 amide bonds. The highest BCUT2D eigenvalue weighted by Crippen LogP contribution is 2.27. The van der Waals surface area contributed by atoms with Crippen molar-refractivity contribution in [3.63, 3.8) is 0 Å². The molecule has 30 heavy (non-hydrogen) atoms. The van der Waals surface area contributed by atoms with Gasteiger partial charge in [0, 0.05) is 30.9 Å². The second-order valence-corrected chi connectivity index (χ2v) is 7.47. The minimum Gasteiger partial charge on any atom is -0.494 e. The maximum atomic E-state index is 12.8. The summed E-state index contributed by atoms with van der Waals surface area (Å²) in [5.41, 5.74) is 2.86. The Labute approximate surface area is 176 Å². The Morgan fingerprint density at radius 3 is 3.00 bits per heavy atom. The molecule has 1 saturated heterocycles. The molecule has 0 spiro atoms. The molecule has 1 N–H and O–H groups in total. The quantitative estimate of drug-likeness (QED) is 0.651. The van der Waals surface area contributed by atoms with Gasteiger partial charge in [-0.05, 0) is 62.9 Å². The van der Waals surface area contributed by atoms with Gasteiger partial charge < -0.3 is 15.0 Å². The van der Waals surface area contributed by atoms with Crippen LogP contribution in [0.5, 0.6) is 5.75 Å². The summed E-state index contributed by atoms with van der Waals surface area (Å²) in [5.74, 6) is 1.47. The molecule has 0 aliphatic carbocycles. The molecule has 0 saturated carbocycles. The Morgan fingerprint density at radius 2 is 2.20 bits per heavy atom. The zero-order valence-corrected chi connectivity index (χ0v) is 17.5. The van der Waals surface area contributed by atoms with E-state index < -0.39 is 0 Å². The molecule has 1 aliphatic heterocycles. The van der Waals surface area contributed by atoms with E-state index in [9.17, 15) is 4.79 Å². The number of fused-ring (bicyclic) bond motifs is 1. The van der Waals surface area contributed by atoms with Crippen molar-refractivity contribution in [1.29, 1.82) is 0 Å². The molecule has 7 heteroatoms. The Kier molecular flexibility index (Phi) is 6.07. The van der Waals surface area contributed by atoms with Gasteiger partial charge in [-0.2, -0.15) is 0 Å². The Hall–Kier alpha value is -3.22. The topological polar surface area (TPSA) is 80.2 Å². The summed E-state index contributed by atoms with van der Waals surface area (Å²) in [7, 11) is 0. The molecule has 1 unspecified atom stereocenters. The minimum atomic E-state index is -0.238. The maximum Gasteiger partial charge on any atom is 0.242 e. The first-order valence-electron chi connectivity index (χ1n) is 10.5. The van der Waals surface area contributed by atoms with Crippen LogP contribution < -0.4 is 15.0 Å². The molecule has 7 nitrogen and oxygen atoms in total. The van der Waals surface area contributed by atoms with Gasteiger partial charge in [0.25, 0.3) is 0 Å². The molecule has 1 atom stereocenters. The van der Waals surface area contributed by atoms with E-state index in [0.29, 0.717) is 19.1 Å². The van der Waals surface area contributed by atoms with Crippen LogP contribution in [0.15, 0.2) is 42.7 Å². The smallest absolute Gasteiger partial charge is 0.242 e. The number of amides is 1. The average Bonchev–Trinajstić information content (AvgIpc) is 3.25. The third-order valence-corrected chi connectivity index (χ3v) is 5.41. The standard InChI is InChI=1S/C23H27N5O2/c1-3-30-18-8-9-20-19(14-18)16(2)26-23(27-20)28-13-5-7-21(28)22(29)25-12-10-17-6-4-11-24-15-17/h4,6,8-9,11,14-15,21H,3,5,7,10,12-13H2,1-2H3,(H,25,29). The zero-order valence-electron chi connectivity index (χ0n) is 17.5. The third-order valence-electron chi connectivity index (χ3n) is 5.41. The lowest BCUT2D eigenvalue weighted by Gasteiger charge is -2.24. The summed E-state index contributed by atoms with van der Waals surface area (Å²) in [6.07, 6.45) is 6.10. The van der Waals surface area contributed by atoms with Crippen molar-refractivity contribution < 1.29 is 9.53 Å². The molecule has 156 valence electrons. The lowest BCUT2D eigenvalue weighted by molar-refractivity contribution is -0.122. The largest absolute Gasteiger partial charge is 0.494 e. The summed E-state index contributed by atoms with van der Waals surface area (Å²) in [5, 5.41) is 4.04. The number of benzene rings is 1.